The number of hydrazone groups is 1. The molecule has 0 radical (unpaired) electrons. The molecule has 2 aromatic carbocycles. The largest absolute Gasteiger partial charge is 0.372 e. The van der Waals surface area contributed by atoms with Gasteiger partial charge in [-0.25, -0.2) is 4.79 Å². The van der Waals surface area contributed by atoms with Crippen LogP contribution in [-0.2, 0) is 10.3 Å². The molecule has 6 nitrogen and oxygen atoms in total. The monoisotopic (exact) mass is 390 g/mol. The second-order valence-electron chi connectivity index (χ2n) is 7.56. The van der Waals surface area contributed by atoms with Crippen molar-refractivity contribution in [3.63, 3.8) is 0 Å². The Bertz CT molecular complexity index is 904. The summed E-state index contributed by atoms with van der Waals surface area (Å²) in [6, 6.07) is 16.9. The summed E-state index contributed by atoms with van der Waals surface area (Å²) in [5.41, 5.74) is 1.75. The molecule has 0 spiro atoms. The SMILES string of the molecule is CC[C@@]1(c2ccccc2)NC(=O)N(/N=C\c2ccc(N3CCCCC3)cc2)C1=O. The van der Waals surface area contributed by atoms with Crippen molar-refractivity contribution in [1.29, 1.82) is 0 Å². The number of amides is 3. The zero-order valence-corrected chi connectivity index (χ0v) is 16.7. The first-order valence-corrected chi connectivity index (χ1v) is 10.3. The molecule has 2 saturated heterocycles. The molecule has 0 saturated carbocycles. The van der Waals surface area contributed by atoms with Gasteiger partial charge in [-0.05, 0) is 48.9 Å². The molecule has 6 heteroatoms. The highest BCUT2D eigenvalue weighted by Gasteiger charge is 2.51. The van der Waals surface area contributed by atoms with Crippen LogP contribution in [-0.4, -0.2) is 36.3 Å². The molecule has 3 amide bonds. The van der Waals surface area contributed by atoms with E-state index in [-0.39, 0.29) is 5.91 Å². The van der Waals surface area contributed by atoms with Crippen molar-refractivity contribution in [2.75, 3.05) is 18.0 Å². The number of nitrogens with zero attached hydrogens (tertiary/aromatic N) is 3. The van der Waals surface area contributed by atoms with Gasteiger partial charge in [-0.3, -0.25) is 4.79 Å². The zero-order chi connectivity index (χ0) is 20.3. The molecule has 0 bridgehead atoms. The Morgan fingerprint density at radius 2 is 1.69 bits per heavy atom. The third-order valence-electron chi connectivity index (χ3n) is 5.80. The third kappa shape index (κ3) is 3.62. The third-order valence-corrected chi connectivity index (χ3v) is 5.80. The Balaban J connectivity index is 1.51. The summed E-state index contributed by atoms with van der Waals surface area (Å²) in [5.74, 6) is -0.350. The van der Waals surface area contributed by atoms with Crippen LogP contribution in [0.5, 0.6) is 0 Å². The Labute approximate surface area is 171 Å². The number of hydrogen-bond donors (Lipinski definition) is 1. The molecule has 0 unspecified atom stereocenters. The second-order valence-corrected chi connectivity index (χ2v) is 7.56. The fourth-order valence-corrected chi connectivity index (χ4v) is 4.08. The summed E-state index contributed by atoms with van der Waals surface area (Å²) in [7, 11) is 0. The lowest BCUT2D eigenvalue weighted by Gasteiger charge is -2.28. The van der Waals surface area contributed by atoms with Crippen LogP contribution in [0.1, 0.15) is 43.7 Å². The van der Waals surface area contributed by atoms with Gasteiger partial charge >= 0.3 is 6.03 Å². The van der Waals surface area contributed by atoms with E-state index in [2.05, 4.69) is 27.5 Å². The molecular formula is C23H26N4O2. The van der Waals surface area contributed by atoms with Crippen LogP contribution in [0.25, 0.3) is 0 Å². The maximum Gasteiger partial charge on any atom is 0.346 e. The van der Waals surface area contributed by atoms with Crippen LogP contribution in [0.4, 0.5) is 10.5 Å². The Hall–Kier alpha value is -3.15. The van der Waals surface area contributed by atoms with Gasteiger partial charge in [-0.1, -0.05) is 49.4 Å². The topological polar surface area (TPSA) is 65.0 Å². The van der Waals surface area contributed by atoms with Crippen molar-refractivity contribution >= 4 is 23.8 Å². The molecule has 29 heavy (non-hydrogen) atoms. The number of urea groups is 1. The minimum Gasteiger partial charge on any atom is -0.372 e. The van der Waals surface area contributed by atoms with Crippen LogP contribution < -0.4 is 10.2 Å². The molecule has 2 aliphatic rings. The Morgan fingerprint density at radius 1 is 1.00 bits per heavy atom. The number of hydrogen-bond acceptors (Lipinski definition) is 4. The molecule has 2 aliphatic heterocycles. The predicted molar refractivity (Wildman–Crippen MR) is 114 cm³/mol. The maximum atomic E-state index is 13.1. The van der Waals surface area contributed by atoms with Gasteiger partial charge < -0.3 is 10.2 Å². The van der Waals surface area contributed by atoms with Gasteiger partial charge in [0, 0.05) is 18.8 Å². The highest BCUT2D eigenvalue weighted by atomic mass is 16.2. The predicted octanol–water partition coefficient (Wildman–Crippen LogP) is 3.87. The zero-order valence-electron chi connectivity index (χ0n) is 16.7. The van der Waals surface area contributed by atoms with Crippen molar-refractivity contribution < 1.29 is 9.59 Å². The molecule has 2 aromatic rings. The summed E-state index contributed by atoms with van der Waals surface area (Å²) < 4.78 is 0. The Kier molecular flexibility index (Phi) is 5.34. The van der Waals surface area contributed by atoms with Crippen molar-refractivity contribution in [3.05, 3.63) is 65.7 Å². The standard InChI is InChI=1S/C23H26N4O2/c1-2-23(19-9-5-3-6-10-19)21(28)27(22(29)25-23)24-17-18-11-13-20(14-12-18)26-15-7-4-8-16-26/h3,5-6,9-14,17H,2,4,7-8,15-16H2,1H3,(H,25,29)/b24-17-/t23-/m0/s1. The van der Waals surface area contributed by atoms with Crippen molar-refractivity contribution in [2.45, 2.75) is 38.1 Å². The lowest BCUT2D eigenvalue weighted by atomic mass is 9.87. The number of anilines is 1. The van der Waals surface area contributed by atoms with Crippen LogP contribution >= 0.6 is 0 Å². The fourth-order valence-electron chi connectivity index (χ4n) is 4.08. The Morgan fingerprint density at radius 3 is 2.34 bits per heavy atom. The van der Waals surface area contributed by atoms with Crippen LogP contribution in [0.15, 0.2) is 59.7 Å². The van der Waals surface area contributed by atoms with E-state index in [4.69, 9.17) is 0 Å². The lowest BCUT2D eigenvalue weighted by Crippen LogP contribution is -2.43. The van der Waals surface area contributed by atoms with E-state index in [0.29, 0.717) is 6.42 Å². The minimum atomic E-state index is -1.06. The summed E-state index contributed by atoms with van der Waals surface area (Å²) in [6.45, 7) is 4.07. The number of rotatable bonds is 5. The average molecular weight is 390 g/mol. The van der Waals surface area contributed by atoms with E-state index in [9.17, 15) is 9.59 Å². The first-order chi connectivity index (χ1) is 14.1. The van der Waals surface area contributed by atoms with Crippen molar-refractivity contribution in [1.82, 2.24) is 10.3 Å². The smallest absolute Gasteiger partial charge is 0.346 e. The van der Waals surface area contributed by atoms with E-state index < -0.39 is 11.6 Å². The van der Waals surface area contributed by atoms with Crippen LogP contribution in [0, 0.1) is 0 Å². The van der Waals surface area contributed by atoms with Gasteiger partial charge in [-0.2, -0.15) is 5.10 Å². The normalized spacial score (nSPS) is 22.4. The van der Waals surface area contributed by atoms with Crippen molar-refractivity contribution in [2.24, 2.45) is 5.10 Å². The van der Waals surface area contributed by atoms with Crippen molar-refractivity contribution in [3.8, 4) is 0 Å². The van der Waals surface area contributed by atoms with Crippen LogP contribution in [0.2, 0.25) is 0 Å². The molecular weight excluding hydrogens is 364 g/mol. The van der Waals surface area contributed by atoms with Gasteiger partial charge in [0.05, 0.1) is 6.21 Å². The number of imide groups is 1. The van der Waals surface area contributed by atoms with Gasteiger partial charge in [0.25, 0.3) is 5.91 Å². The minimum absolute atomic E-state index is 0.350. The van der Waals surface area contributed by atoms with E-state index in [1.165, 1.54) is 24.9 Å². The van der Waals surface area contributed by atoms with Gasteiger partial charge in [0.15, 0.2) is 0 Å². The van der Waals surface area contributed by atoms with Gasteiger partial charge in [0.1, 0.15) is 5.54 Å². The fraction of sp³-hybridized carbons (Fsp3) is 0.348. The first kappa shape index (κ1) is 19.2. The van der Waals surface area contributed by atoms with Crippen LogP contribution in [0.3, 0.4) is 0 Å². The maximum absolute atomic E-state index is 13.1. The second kappa shape index (κ2) is 8.07. The van der Waals surface area contributed by atoms with E-state index in [1.54, 1.807) is 6.21 Å². The molecule has 150 valence electrons. The highest BCUT2D eigenvalue weighted by molar-refractivity contribution is 6.07. The van der Waals surface area contributed by atoms with E-state index in [1.807, 2.05) is 49.4 Å². The highest BCUT2D eigenvalue weighted by Crippen LogP contribution is 2.32. The number of nitrogens with one attached hydrogen (secondary N) is 1. The molecule has 2 fully saturated rings. The summed E-state index contributed by atoms with van der Waals surface area (Å²) in [6.07, 6.45) is 5.79. The molecule has 1 atom stereocenters. The first-order valence-electron chi connectivity index (χ1n) is 10.3. The summed E-state index contributed by atoms with van der Waals surface area (Å²) >= 11 is 0. The molecule has 0 aromatic heterocycles. The molecule has 4 rings (SSSR count). The van der Waals surface area contributed by atoms with Gasteiger partial charge in [0.2, 0.25) is 0 Å². The number of benzene rings is 2. The quantitative estimate of drug-likeness (QED) is 0.623. The summed E-state index contributed by atoms with van der Waals surface area (Å²) in [4.78, 5) is 27.9. The average Bonchev–Trinajstić information content (AvgIpc) is 3.04. The van der Waals surface area contributed by atoms with Gasteiger partial charge in [-0.15, -0.1) is 5.01 Å². The van der Waals surface area contributed by atoms with E-state index >= 15 is 0 Å². The summed E-state index contributed by atoms with van der Waals surface area (Å²) in [5, 5.41) is 7.98. The van der Waals surface area contributed by atoms with E-state index in [0.717, 1.165) is 29.2 Å². The number of carbonyl (C=O) groups excluding carboxylic acids is 2. The number of piperidine rings is 1. The molecule has 2 heterocycles. The number of carbonyl (C=O) groups is 2. The lowest BCUT2D eigenvalue weighted by molar-refractivity contribution is -0.131. The molecule has 1 N–H and O–H groups in total. The molecule has 0 aliphatic carbocycles.